The summed E-state index contributed by atoms with van der Waals surface area (Å²) < 4.78 is 25.1. The van der Waals surface area contributed by atoms with Crippen molar-refractivity contribution in [3.05, 3.63) is 53.6 Å². The molecule has 1 aliphatic heterocycles. The van der Waals surface area contributed by atoms with Crippen molar-refractivity contribution in [1.29, 1.82) is 0 Å². The van der Waals surface area contributed by atoms with Crippen molar-refractivity contribution in [3.63, 3.8) is 0 Å². The monoisotopic (exact) mass is 402 g/mol. The molecule has 2 heterocycles. The zero-order chi connectivity index (χ0) is 19.0. The van der Waals surface area contributed by atoms with Gasteiger partial charge in [0.05, 0.1) is 16.8 Å². The SMILES string of the molecule is CS(=O)(=O)N1CCN(c2nc(-c3ccccc3Cl)nc3ccccc23)CC1. The maximum Gasteiger partial charge on any atom is 0.211 e. The Morgan fingerprint density at radius 2 is 1.59 bits per heavy atom. The number of nitrogens with zero attached hydrogens (tertiary/aromatic N) is 4. The normalized spacial score (nSPS) is 16.0. The summed E-state index contributed by atoms with van der Waals surface area (Å²) in [5.41, 5.74) is 1.61. The summed E-state index contributed by atoms with van der Waals surface area (Å²) in [6, 6.07) is 15.3. The minimum atomic E-state index is -3.17. The summed E-state index contributed by atoms with van der Waals surface area (Å²) in [6.45, 7) is 2.04. The van der Waals surface area contributed by atoms with Gasteiger partial charge in [-0.1, -0.05) is 35.9 Å². The van der Waals surface area contributed by atoms with E-state index in [0.717, 1.165) is 22.3 Å². The molecule has 0 N–H and O–H groups in total. The van der Waals surface area contributed by atoms with Gasteiger partial charge >= 0.3 is 0 Å². The van der Waals surface area contributed by atoms with E-state index >= 15 is 0 Å². The van der Waals surface area contributed by atoms with Gasteiger partial charge in [-0.05, 0) is 24.3 Å². The first-order valence-electron chi connectivity index (χ1n) is 8.65. The molecule has 0 atom stereocenters. The Hall–Kier alpha value is -2.22. The molecule has 0 amide bonds. The van der Waals surface area contributed by atoms with E-state index in [2.05, 4.69) is 9.88 Å². The van der Waals surface area contributed by atoms with Crippen LogP contribution in [0.25, 0.3) is 22.3 Å². The molecule has 140 valence electrons. The van der Waals surface area contributed by atoms with Crippen LogP contribution in [0.2, 0.25) is 5.02 Å². The quantitative estimate of drug-likeness (QED) is 0.673. The van der Waals surface area contributed by atoms with Gasteiger partial charge in [0.1, 0.15) is 5.82 Å². The third-order valence-electron chi connectivity index (χ3n) is 4.71. The second-order valence-corrected chi connectivity index (χ2v) is 8.91. The molecule has 27 heavy (non-hydrogen) atoms. The number of rotatable bonds is 3. The number of fused-ring (bicyclic) bond motifs is 1. The highest BCUT2D eigenvalue weighted by atomic mass is 35.5. The molecule has 3 aromatic rings. The number of benzene rings is 2. The fraction of sp³-hybridized carbons (Fsp3) is 0.263. The number of hydrogen-bond donors (Lipinski definition) is 0. The van der Waals surface area contributed by atoms with Gasteiger partial charge in [0.25, 0.3) is 0 Å². The lowest BCUT2D eigenvalue weighted by Gasteiger charge is -2.34. The molecule has 0 spiro atoms. The summed E-state index contributed by atoms with van der Waals surface area (Å²) in [5, 5.41) is 1.54. The lowest BCUT2D eigenvalue weighted by Crippen LogP contribution is -2.48. The first-order valence-corrected chi connectivity index (χ1v) is 10.9. The van der Waals surface area contributed by atoms with Gasteiger partial charge in [-0.15, -0.1) is 0 Å². The summed E-state index contributed by atoms with van der Waals surface area (Å²) in [7, 11) is -3.17. The largest absolute Gasteiger partial charge is 0.353 e. The summed E-state index contributed by atoms with van der Waals surface area (Å²) in [6.07, 6.45) is 1.25. The summed E-state index contributed by atoms with van der Waals surface area (Å²) >= 11 is 6.35. The predicted molar refractivity (Wildman–Crippen MR) is 109 cm³/mol. The lowest BCUT2D eigenvalue weighted by atomic mass is 10.1. The summed E-state index contributed by atoms with van der Waals surface area (Å²) in [4.78, 5) is 11.6. The maximum atomic E-state index is 11.8. The van der Waals surface area contributed by atoms with Gasteiger partial charge in [0.15, 0.2) is 5.82 Å². The molecule has 8 heteroatoms. The van der Waals surface area contributed by atoms with Crippen molar-refractivity contribution in [2.75, 3.05) is 37.3 Å². The number of piperazine rings is 1. The molecule has 2 aromatic carbocycles. The molecule has 0 bridgehead atoms. The van der Waals surface area contributed by atoms with Gasteiger partial charge in [-0.25, -0.2) is 18.4 Å². The van der Waals surface area contributed by atoms with E-state index in [-0.39, 0.29) is 0 Å². The van der Waals surface area contributed by atoms with Crippen LogP contribution >= 0.6 is 11.6 Å². The number of aromatic nitrogens is 2. The molecule has 4 rings (SSSR count). The van der Waals surface area contributed by atoms with E-state index in [4.69, 9.17) is 16.6 Å². The van der Waals surface area contributed by atoms with Crippen LogP contribution in [0.4, 0.5) is 5.82 Å². The molecular weight excluding hydrogens is 384 g/mol. The first-order chi connectivity index (χ1) is 12.9. The molecule has 1 fully saturated rings. The Bertz CT molecular complexity index is 1100. The molecule has 1 aliphatic rings. The minimum Gasteiger partial charge on any atom is -0.353 e. The van der Waals surface area contributed by atoms with E-state index in [9.17, 15) is 8.42 Å². The highest BCUT2D eigenvalue weighted by molar-refractivity contribution is 7.88. The van der Waals surface area contributed by atoms with Crippen molar-refractivity contribution in [2.45, 2.75) is 0 Å². The first kappa shape index (κ1) is 18.2. The van der Waals surface area contributed by atoms with E-state index in [1.54, 1.807) is 0 Å². The van der Waals surface area contributed by atoms with Crippen molar-refractivity contribution in [1.82, 2.24) is 14.3 Å². The van der Waals surface area contributed by atoms with Crippen LogP contribution in [-0.4, -0.2) is 55.1 Å². The fourth-order valence-corrected chi connectivity index (χ4v) is 4.34. The van der Waals surface area contributed by atoms with Crippen molar-refractivity contribution in [2.24, 2.45) is 0 Å². The smallest absolute Gasteiger partial charge is 0.211 e. The van der Waals surface area contributed by atoms with Crippen LogP contribution < -0.4 is 4.90 Å². The second kappa shape index (κ2) is 7.07. The van der Waals surface area contributed by atoms with Gasteiger partial charge in [-0.3, -0.25) is 0 Å². The van der Waals surface area contributed by atoms with Crippen molar-refractivity contribution in [3.8, 4) is 11.4 Å². The molecule has 0 saturated carbocycles. The number of sulfonamides is 1. The van der Waals surface area contributed by atoms with E-state index in [0.29, 0.717) is 37.0 Å². The Morgan fingerprint density at radius 3 is 2.30 bits per heavy atom. The number of anilines is 1. The molecule has 1 saturated heterocycles. The average molecular weight is 403 g/mol. The number of para-hydroxylation sites is 1. The molecule has 0 radical (unpaired) electrons. The average Bonchev–Trinajstić information content (AvgIpc) is 2.67. The van der Waals surface area contributed by atoms with Crippen LogP contribution in [0.5, 0.6) is 0 Å². The number of halogens is 1. The third-order valence-corrected chi connectivity index (χ3v) is 6.34. The highest BCUT2D eigenvalue weighted by Gasteiger charge is 2.25. The summed E-state index contributed by atoms with van der Waals surface area (Å²) in [5.74, 6) is 1.38. The van der Waals surface area contributed by atoms with Crippen molar-refractivity contribution < 1.29 is 8.42 Å². The zero-order valence-corrected chi connectivity index (χ0v) is 16.4. The lowest BCUT2D eigenvalue weighted by molar-refractivity contribution is 0.387. The van der Waals surface area contributed by atoms with E-state index in [1.807, 2.05) is 48.5 Å². The van der Waals surface area contributed by atoms with Gasteiger partial charge in [0, 0.05) is 37.1 Å². The van der Waals surface area contributed by atoms with Gasteiger partial charge in [-0.2, -0.15) is 4.31 Å². The Labute approximate surface area is 163 Å². The van der Waals surface area contributed by atoms with E-state index < -0.39 is 10.0 Å². The number of hydrogen-bond acceptors (Lipinski definition) is 5. The molecule has 6 nitrogen and oxygen atoms in total. The van der Waals surface area contributed by atoms with Crippen LogP contribution in [0, 0.1) is 0 Å². The topological polar surface area (TPSA) is 66.4 Å². The van der Waals surface area contributed by atoms with Crippen LogP contribution in [0.3, 0.4) is 0 Å². The molecule has 0 aliphatic carbocycles. The van der Waals surface area contributed by atoms with Gasteiger partial charge < -0.3 is 4.90 Å². The minimum absolute atomic E-state index is 0.443. The van der Waals surface area contributed by atoms with Crippen LogP contribution in [-0.2, 0) is 10.0 Å². The van der Waals surface area contributed by atoms with Crippen molar-refractivity contribution >= 4 is 38.3 Å². The van der Waals surface area contributed by atoms with E-state index in [1.165, 1.54) is 10.6 Å². The highest BCUT2D eigenvalue weighted by Crippen LogP contribution is 2.31. The Kier molecular flexibility index (Phi) is 4.75. The standard InChI is InChI=1S/C19H19ClN4O2S/c1-27(25,26)24-12-10-23(11-13-24)19-15-7-3-5-9-17(15)21-18(22-19)14-6-2-4-8-16(14)20/h2-9H,10-13H2,1H3. The Morgan fingerprint density at radius 1 is 0.926 bits per heavy atom. The molecular formula is C19H19ClN4O2S. The molecule has 1 aromatic heterocycles. The fourth-order valence-electron chi connectivity index (χ4n) is 3.30. The zero-order valence-electron chi connectivity index (χ0n) is 14.8. The van der Waals surface area contributed by atoms with Gasteiger partial charge in [0.2, 0.25) is 10.0 Å². The van der Waals surface area contributed by atoms with Crippen LogP contribution in [0.15, 0.2) is 48.5 Å². The molecule has 0 unspecified atom stereocenters. The third kappa shape index (κ3) is 3.63. The Balaban J connectivity index is 1.77. The van der Waals surface area contributed by atoms with Crippen LogP contribution in [0.1, 0.15) is 0 Å². The second-order valence-electron chi connectivity index (χ2n) is 6.52. The predicted octanol–water partition coefficient (Wildman–Crippen LogP) is 3.03. The maximum absolute atomic E-state index is 11.8.